The number of aromatic carboxylic acids is 1. The van der Waals surface area contributed by atoms with Crippen LogP contribution in [-0.4, -0.2) is 20.5 Å². The Bertz CT molecular complexity index is 445. The molecule has 0 aliphatic rings. The monoisotopic (exact) mass is 183 g/mol. The number of nitrogen functional groups attached to an aromatic ring is 1. The van der Waals surface area contributed by atoms with Crippen molar-refractivity contribution in [1.82, 2.24) is 9.38 Å². The summed E-state index contributed by atoms with van der Waals surface area (Å²) in [5, 5.41) is 9.03. The van der Waals surface area contributed by atoms with E-state index in [1.807, 2.05) is 0 Å². The normalized spacial score (nSPS) is 10.7. The summed E-state index contributed by atoms with van der Waals surface area (Å²) in [7, 11) is 0. The van der Waals surface area contributed by atoms with Crippen molar-refractivity contribution in [1.29, 1.82) is 0 Å². The number of aromatic nitrogens is 2. The second kappa shape index (κ2) is 2.21. The summed E-state index contributed by atoms with van der Waals surface area (Å²) in [5.41, 5.74) is 5.57. The van der Waals surface area contributed by atoms with Crippen LogP contribution in [0.2, 0.25) is 0 Å². The molecule has 5 nitrogen and oxygen atoms in total. The van der Waals surface area contributed by atoms with E-state index in [0.29, 0.717) is 4.96 Å². The highest BCUT2D eigenvalue weighted by molar-refractivity contribution is 7.21. The smallest absolute Gasteiger partial charge is 0.356 e. The molecule has 2 rings (SSSR count). The second-order valence-electron chi connectivity index (χ2n) is 2.20. The lowest BCUT2D eigenvalue weighted by Crippen LogP contribution is -2.03. The summed E-state index contributed by atoms with van der Waals surface area (Å²) in [6.45, 7) is 0. The van der Waals surface area contributed by atoms with Gasteiger partial charge < -0.3 is 10.8 Å². The van der Waals surface area contributed by atoms with E-state index in [1.165, 1.54) is 10.6 Å². The van der Waals surface area contributed by atoms with Crippen LogP contribution >= 0.6 is 11.3 Å². The first kappa shape index (κ1) is 7.11. The number of carboxylic acid groups (broad SMARTS) is 1. The van der Waals surface area contributed by atoms with Gasteiger partial charge in [0.25, 0.3) is 0 Å². The number of carbonyl (C=O) groups is 1. The van der Waals surface area contributed by atoms with Gasteiger partial charge in [-0.3, -0.25) is 4.40 Å². The molecule has 0 unspecified atom stereocenters. The summed E-state index contributed by atoms with van der Waals surface area (Å²) in [6.07, 6.45) is 3.11. The Morgan fingerprint density at radius 2 is 2.50 bits per heavy atom. The van der Waals surface area contributed by atoms with Gasteiger partial charge in [-0.1, -0.05) is 11.3 Å². The average Bonchev–Trinajstić information content (AvgIpc) is 2.44. The van der Waals surface area contributed by atoms with Gasteiger partial charge >= 0.3 is 5.97 Å². The Morgan fingerprint density at radius 3 is 3.17 bits per heavy atom. The number of fused-ring (bicyclic) bond motifs is 1. The molecule has 6 heteroatoms. The van der Waals surface area contributed by atoms with E-state index in [1.54, 1.807) is 6.20 Å². The SMILES string of the molecule is Nc1sc2nccn2c1C(=O)O. The molecule has 0 spiro atoms. The minimum absolute atomic E-state index is 0.0903. The topological polar surface area (TPSA) is 80.6 Å². The summed E-state index contributed by atoms with van der Waals surface area (Å²) in [5.74, 6) is -1.03. The van der Waals surface area contributed by atoms with Crippen LogP contribution in [0, 0.1) is 0 Å². The van der Waals surface area contributed by atoms with Crippen LogP contribution in [0.15, 0.2) is 12.4 Å². The van der Waals surface area contributed by atoms with Crippen LogP contribution in [0.25, 0.3) is 4.96 Å². The molecule has 2 heterocycles. The van der Waals surface area contributed by atoms with E-state index in [9.17, 15) is 4.79 Å². The molecule has 0 saturated carbocycles. The van der Waals surface area contributed by atoms with E-state index in [4.69, 9.17) is 10.8 Å². The number of imidazole rings is 1. The number of hydrogen-bond acceptors (Lipinski definition) is 4. The molecule has 0 saturated heterocycles. The third-order valence-electron chi connectivity index (χ3n) is 1.48. The van der Waals surface area contributed by atoms with Gasteiger partial charge in [0.1, 0.15) is 5.00 Å². The minimum Gasteiger partial charge on any atom is -0.476 e. The summed E-state index contributed by atoms with van der Waals surface area (Å²) in [6, 6.07) is 0. The predicted molar refractivity (Wildman–Crippen MR) is 44.4 cm³/mol. The fraction of sp³-hybridized carbons (Fsp3) is 0. The summed E-state index contributed by atoms with van der Waals surface area (Å²) < 4.78 is 1.46. The summed E-state index contributed by atoms with van der Waals surface area (Å²) in [4.78, 5) is 15.2. The Hall–Kier alpha value is -1.56. The lowest BCUT2D eigenvalue weighted by molar-refractivity contribution is 0.0691. The van der Waals surface area contributed by atoms with Crippen LogP contribution in [0.1, 0.15) is 10.5 Å². The maximum absolute atomic E-state index is 10.7. The van der Waals surface area contributed by atoms with Crippen molar-refractivity contribution >= 4 is 27.3 Å². The van der Waals surface area contributed by atoms with Crippen molar-refractivity contribution in [3.8, 4) is 0 Å². The number of hydrogen-bond donors (Lipinski definition) is 2. The van der Waals surface area contributed by atoms with Gasteiger partial charge in [0.05, 0.1) is 0 Å². The molecule has 0 bridgehead atoms. The Labute approximate surface area is 71.1 Å². The number of thiazole rings is 1. The molecule has 2 aromatic rings. The van der Waals surface area contributed by atoms with E-state index >= 15 is 0 Å². The zero-order chi connectivity index (χ0) is 8.72. The van der Waals surface area contributed by atoms with Crippen molar-refractivity contribution in [3.63, 3.8) is 0 Å². The zero-order valence-electron chi connectivity index (χ0n) is 5.89. The molecule has 12 heavy (non-hydrogen) atoms. The van der Waals surface area contributed by atoms with Gasteiger partial charge in [-0.15, -0.1) is 0 Å². The molecule has 62 valence electrons. The first-order chi connectivity index (χ1) is 5.70. The quantitative estimate of drug-likeness (QED) is 0.681. The van der Waals surface area contributed by atoms with Crippen molar-refractivity contribution in [2.45, 2.75) is 0 Å². The number of rotatable bonds is 1. The second-order valence-corrected chi connectivity index (χ2v) is 3.21. The van der Waals surface area contributed by atoms with Gasteiger partial charge in [-0.05, 0) is 0 Å². The summed E-state index contributed by atoms with van der Waals surface area (Å²) >= 11 is 1.16. The highest BCUT2D eigenvalue weighted by Gasteiger charge is 2.15. The first-order valence-electron chi connectivity index (χ1n) is 3.15. The fourth-order valence-corrected chi connectivity index (χ4v) is 1.85. The highest BCUT2D eigenvalue weighted by Crippen LogP contribution is 2.24. The van der Waals surface area contributed by atoms with E-state index < -0.39 is 5.97 Å². The molecule has 3 N–H and O–H groups in total. The highest BCUT2D eigenvalue weighted by atomic mass is 32.1. The molecule has 0 aromatic carbocycles. The van der Waals surface area contributed by atoms with Crippen molar-refractivity contribution in [3.05, 3.63) is 18.1 Å². The Morgan fingerprint density at radius 1 is 1.75 bits per heavy atom. The predicted octanol–water partition coefficient (Wildman–Crippen LogP) is 0.676. The van der Waals surface area contributed by atoms with E-state index in [-0.39, 0.29) is 10.7 Å². The maximum Gasteiger partial charge on any atom is 0.356 e. The van der Waals surface area contributed by atoms with Gasteiger partial charge in [0, 0.05) is 12.4 Å². The fourth-order valence-electron chi connectivity index (χ4n) is 1.01. The van der Waals surface area contributed by atoms with Gasteiger partial charge in [0.15, 0.2) is 10.7 Å². The Balaban J connectivity index is 2.84. The Kier molecular flexibility index (Phi) is 1.31. The third-order valence-corrected chi connectivity index (χ3v) is 2.38. The lowest BCUT2D eigenvalue weighted by atomic mass is 10.4. The number of anilines is 1. The van der Waals surface area contributed by atoms with Gasteiger partial charge in [-0.2, -0.15) is 0 Å². The third kappa shape index (κ3) is 0.782. The minimum atomic E-state index is -1.03. The van der Waals surface area contributed by atoms with Crippen molar-refractivity contribution < 1.29 is 9.90 Å². The van der Waals surface area contributed by atoms with E-state index in [0.717, 1.165) is 11.3 Å². The van der Waals surface area contributed by atoms with Crippen LogP contribution in [0.5, 0.6) is 0 Å². The number of nitrogens with zero attached hydrogens (tertiary/aromatic N) is 2. The number of nitrogens with two attached hydrogens (primary N) is 1. The maximum atomic E-state index is 10.7. The van der Waals surface area contributed by atoms with Gasteiger partial charge in [-0.25, -0.2) is 9.78 Å². The standard InChI is InChI=1S/C6H5N3O2S/c7-4-3(5(10)11)9-2-1-8-6(9)12-4/h1-2H,7H2,(H,10,11). The molecule has 0 amide bonds. The van der Waals surface area contributed by atoms with Crippen LogP contribution in [0.3, 0.4) is 0 Å². The first-order valence-corrected chi connectivity index (χ1v) is 3.96. The molecule has 0 aliphatic carbocycles. The zero-order valence-corrected chi connectivity index (χ0v) is 6.71. The van der Waals surface area contributed by atoms with Crippen molar-refractivity contribution in [2.24, 2.45) is 0 Å². The lowest BCUT2D eigenvalue weighted by Gasteiger charge is -1.91. The van der Waals surface area contributed by atoms with Crippen molar-refractivity contribution in [2.75, 3.05) is 5.73 Å². The molecular formula is C6H5N3O2S. The van der Waals surface area contributed by atoms with Crippen LogP contribution < -0.4 is 5.73 Å². The average molecular weight is 183 g/mol. The van der Waals surface area contributed by atoms with E-state index in [2.05, 4.69) is 4.98 Å². The molecular weight excluding hydrogens is 178 g/mol. The van der Waals surface area contributed by atoms with Crippen LogP contribution in [-0.2, 0) is 0 Å². The van der Waals surface area contributed by atoms with Gasteiger partial charge in [0.2, 0.25) is 0 Å². The number of carboxylic acids is 1. The van der Waals surface area contributed by atoms with Crippen LogP contribution in [0.4, 0.5) is 5.00 Å². The molecule has 0 fully saturated rings. The molecule has 2 aromatic heterocycles. The molecule has 0 aliphatic heterocycles. The largest absolute Gasteiger partial charge is 0.476 e. The molecule has 0 atom stereocenters. The molecule has 0 radical (unpaired) electrons.